The normalized spacial score (nSPS) is 9.07. The summed E-state index contributed by atoms with van der Waals surface area (Å²) < 4.78 is 0. The SMILES string of the molecule is CNCC(=O)O.Cc1cc(Cl)ccc1Cl. The number of carboxylic acids is 1. The number of hydrogen-bond donors (Lipinski definition) is 2. The Labute approximate surface area is 99.0 Å². The summed E-state index contributed by atoms with van der Waals surface area (Å²) in [4.78, 5) is 9.54. The number of benzene rings is 1. The average molecular weight is 250 g/mol. The predicted octanol–water partition coefficient (Wildman–Crippen LogP) is 2.59. The maximum Gasteiger partial charge on any atom is 0.317 e. The summed E-state index contributed by atoms with van der Waals surface area (Å²) >= 11 is 11.4. The monoisotopic (exact) mass is 249 g/mol. The summed E-state index contributed by atoms with van der Waals surface area (Å²) in [6.45, 7) is 1.97. The average Bonchev–Trinajstić information content (AvgIpc) is 2.13. The van der Waals surface area contributed by atoms with E-state index in [4.69, 9.17) is 28.3 Å². The van der Waals surface area contributed by atoms with E-state index in [1.165, 1.54) is 0 Å². The summed E-state index contributed by atoms with van der Waals surface area (Å²) in [5.74, 6) is -0.822. The molecule has 1 aromatic rings. The van der Waals surface area contributed by atoms with Crippen molar-refractivity contribution < 1.29 is 9.90 Å². The van der Waals surface area contributed by atoms with Gasteiger partial charge in [0.1, 0.15) is 0 Å². The maximum absolute atomic E-state index is 9.54. The van der Waals surface area contributed by atoms with E-state index < -0.39 is 5.97 Å². The van der Waals surface area contributed by atoms with Gasteiger partial charge in [0, 0.05) is 10.0 Å². The van der Waals surface area contributed by atoms with Crippen LogP contribution in [0.5, 0.6) is 0 Å². The van der Waals surface area contributed by atoms with Crippen LogP contribution in [0.2, 0.25) is 10.0 Å². The zero-order chi connectivity index (χ0) is 11.8. The molecule has 84 valence electrons. The van der Waals surface area contributed by atoms with Gasteiger partial charge in [-0.1, -0.05) is 23.2 Å². The Bertz CT molecular complexity index is 329. The van der Waals surface area contributed by atoms with Gasteiger partial charge in [0.15, 0.2) is 0 Å². The molecule has 0 atom stereocenters. The lowest BCUT2D eigenvalue weighted by Crippen LogP contribution is -2.16. The summed E-state index contributed by atoms with van der Waals surface area (Å²) in [6.07, 6.45) is 0. The minimum Gasteiger partial charge on any atom is -0.480 e. The predicted molar refractivity (Wildman–Crippen MR) is 62.8 cm³/mol. The van der Waals surface area contributed by atoms with Crippen LogP contribution in [0, 0.1) is 6.92 Å². The molecule has 15 heavy (non-hydrogen) atoms. The molecule has 0 aromatic heterocycles. The molecule has 0 aliphatic rings. The van der Waals surface area contributed by atoms with E-state index in [1.807, 2.05) is 13.0 Å². The van der Waals surface area contributed by atoms with Gasteiger partial charge in [-0.2, -0.15) is 0 Å². The fourth-order valence-corrected chi connectivity index (χ4v) is 1.10. The van der Waals surface area contributed by atoms with Crippen LogP contribution in [0.25, 0.3) is 0 Å². The highest BCUT2D eigenvalue weighted by molar-refractivity contribution is 6.33. The summed E-state index contributed by atoms with van der Waals surface area (Å²) in [7, 11) is 1.59. The van der Waals surface area contributed by atoms with Crippen molar-refractivity contribution in [2.45, 2.75) is 6.92 Å². The highest BCUT2D eigenvalue weighted by Crippen LogP contribution is 2.18. The first kappa shape index (κ1) is 14.2. The van der Waals surface area contributed by atoms with E-state index in [-0.39, 0.29) is 6.54 Å². The van der Waals surface area contributed by atoms with Crippen molar-refractivity contribution in [2.75, 3.05) is 13.6 Å². The third kappa shape index (κ3) is 7.19. The molecule has 3 nitrogen and oxygen atoms in total. The molecule has 0 aliphatic carbocycles. The smallest absolute Gasteiger partial charge is 0.317 e. The van der Waals surface area contributed by atoms with Crippen LogP contribution in [0.1, 0.15) is 5.56 Å². The highest BCUT2D eigenvalue weighted by Gasteiger charge is 1.92. The second-order valence-electron chi connectivity index (χ2n) is 2.82. The Kier molecular flexibility index (Phi) is 7.13. The van der Waals surface area contributed by atoms with E-state index in [2.05, 4.69) is 5.32 Å². The number of aryl methyl sites for hydroxylation is 1. The maximum atomic E-state index is 9.54. The van der Waals surface area contributed by atoms with E-state index >= 15 is 0 Å². The number of carboxylic acid groups (broad SMARTS) is 1. The van der Waals surface area contributed by atoms with Gasteiger partial charge in [-0.05, 0) is 37.7 Å². The topological polar surface area (TPSA) is 49.3 Å². The van der Waals surface area contributed by atoms with Gasteiger partial charge in [0.25, 0.3) is 0 Å². The van der Waals surface area contributed by atoms with Crippen molar-refractivity contribution in [3.05, 3.63) is 33.8 Å². The lowest BCUT2D eigenvalue weighted by atomic mass is 10.2. The summed E-state index contributed by atoms with van der Waals surface area (Å²) in [6, 6.07) is 5.40. The molecule has 1 aromatic carbocycles. The third-order valence-electron chi connectivity index (χ3n) is 1.45. The van der Waals surface area contributed by atoms with Gasteiger partial charge in [-0.3, -0.25) is 4.79 Å². The summed E-state index contributed by atoms with van der Waals surface area (Å²) in [5.41, 5.74) is 1.02. The van der Waals surface area contributed by atoms with Crippen LogP contribution < -0.4 is 5.32 Å². The molecule has 0 fully saturated rings. The Morgan fingerprint density at radius 1 is 1.47 bits per heavy atom. The second-order valence-corrected chi connectivity index (χ2v) is 3.66. The van der Waals surface area contributed by atoms with Crippen LogP contribution >= 0.6 is 23.2 Å². The van der Waals surface area contributed by atoms with Crippen LogP contribution in [-0.2, 0) is 4.79 Å². The van der Waals surface area contributed by atoms with Gasteiger partial charge in [-0.15, -0.1) is 0 Å². The van der Waals surface area contributed by atoms with Gasteiger partial charge in [0.05, 0.1) is 6.54 Å². The molecule has 0 radical (unpaired) electrons. The standard InChI is InChI=1S/C7H6Cl2.C3H7NO2/c1-5-4-6(8)2-3-7(5)9;1-4-2-3(5)6/h2-4H,1H3;4H,2H2,1H3,(H,5,6). The third-order valence-corrected chi connectivity index (χ3v) is 2.11. The number of hydrogen-bond acceptors (Lipinski definition) is 2. The molecule has 0 saturated carbocycles. The molecule has 0 aliphatic heterocycles. The van der Waals surface area contributed by atoms with Crippen LogP contribution in [0.3, 0.4) is 0 Å². The molecule has 1 rings (SSSR count). The van der Waals surface area contributed by atoms with E-state index in [1.54, 1.807) is 19.2 Å². The zero-order valence-corrected chi connectivity index (χ0v) is 10.1. The first-order valence-electron chi connectivity index (χ1n) is 4.25. The number of aliphatic carboxylic acids is 1. The molecule has 0 unspecified atom stereocenters. The van der Waals surface area contributed by atoms with E-state index in [0.29, 0.717) is 0 Å². The van der Waals surface area contributed by atoms with Gasteiger partial charge in [0.2, 0.25) is 0 Å². The van der Waals surface area contributed by atoms with E-state index in [9.17, 15) is 4.79 Å². The van der Waals surface area contributed by atoms with Crippen molar-refractivity contribution in [1.29, 1.82) is 0 Å². The van der Waals surface area contributed by atoms with Crippen LogP contribution in [0.4, 0.5) is 0 Å². The molecule has 0 amide bonds. The Morgan fingerprint density at radius 2 is 2.07 bits per heavy atom. The Hall–Kier alpha value is -0.770. The fraction of sp³-hybridized carbons (Fsp3) is 0.300. The van der Waals surface area contributed by atoms with Crippen molar-refractivity contribution >= 4 is 29.2 Å². The largest absolute Gasteiger partial charge is 0.480 e. The van der Waals surface area contributed by atoms with Crippen LogP contribution in [-0.4, -0.2) is 24.7 Å². The molecular weight excluding hydrogens is 237 g/mol. The van der Waals surface area contributed by atoms with Crippen molar-refractivity contribution in [1.82, 2.24) is 5.32 Å². The van der Waals surface area contributed by atoms with Crippen LogP contribution in [0.15, 0.2) is 18.2 Å². The van der Waals surface area contributed by atoms with Crippen molar-refractivity contribution in [2.24, 2.45) is 0 Å². The fourth-order valence-electron chi connectivity index (χ4n) is 0.759. The first-order valence-corrected chi connectivity index (χ1v) is 5.01. The minimum absolute atomic E-state index is 0.0417. The molecule has 0 bridgehead atoms. The van der Waals surface area contributed by atoms with Gasteiger partial charge >= 0.3 is 5.97 Å². The second kappa shape index (κ2) is 7.51. The number of carbonyl (C=O) groups is 1. The van der Waals surface area contributed by atoms with Gasteiger partial charge in [-0.25, -0.2) is 0 Å². The molecular formula is C10H13Cl2NO2. The number of rotatable bonds is 2. The Balaban J connectivity index is 0.000000288. The highest BCUT2D eigenvalue weighted by atomic mass is 35.5. The molecule has 2 N–H and O–H groups in total. The molecule has 0 spiro atoms. The molecule has 0 heterocycles. The molecule has 5 heteroatoms. The van der Waals surface area contributed by atoms with Crippen molar-refractivity contribution in [3.8, 4) is 0 Å². The number of likely N-dealkylation sites (N-methyl/N-ethyl adjacent to an activating group) is 1. The van der Waals surface area contributed by atoms with Gasteiger partial charge < -0.3 is 10.4 Å². The zero-order valence-electron chi connectivity index (χ0n) is 8.55. The summed E-state index contributed by atoms with van der Waals surface area (Å²) in [5, 5.41) is 11.8. The molecule has 0 saturated heterocycles. The van der Waals surface area contributed by atoms with E-state index in [0.717, 1.165) is 15.6 Å². The van der Waals surface area contributed by atoms with Crippen molar-refractivity contribution in [3.63, 3.8) is 0 Å². The lowest BCUT2D eigenvalue weighted by Gasteiger charge is -1.94. The number of nitrogens with one attached hydrogen (secondary N) is 1. The minimum atomic E-state index is -0.822. The first-order chi connectivity index (χ1) is 6.97. The number of halogens is 2. The quantitative estimate of drug-likeness (QED) is 0.848. The lowest BCUT2D eigenvalue weighted by molar-refractivity contribution is -0.135. The Morgan fingerprint density at radius 3 is 2.33 bits per heavy atom.